The summed E-state index contributed by atoms with van der Waals surface area (Å²) >= 11 is 0. The summed E-state index contributed by atoms with van der Waals surface area (Å²) in [6.45, 7) is 1.38. The van der Waals surface area contributed by atoms with Crippen molar-refractivity contribution >= 4 is 23.3 Å². The summed E-state index contributed by atoms with van der Waals surface area (Å²) in [7, 11) is 0. The van der Waals surface area contributed by atoms with E-state index in [1.165, 1.54) is 6.07 Å². The lowest BCUT2D eigenvalue weighted by Gasteiger charge is -2.32. The molecule has 1 fully saturated rings. The van der Waals surface area contributed by atoms with Crippen molar-refractivity contribution in [1.29, 1.82) is 0 Å². The van der Waals surface area contributed by atoms with E-state index in [9.17, 15) is 14.7 Å². The Morgan fingerprint density at radius 2 is 2.04 bits per heavy atom. The number of amides is 2. The number of phenols is 1. The third-order valence-corrected chi connectivity index (χ3v) is 4.30. The summed E-state index contributed by atoms with van der Waals surface area (Å²) in [5.41, 5.74) is 6.13. The first-order valence-corrected chi connectivity index (χ1v) is 8.14. The molecule has 25 heavy (non-hydrogen) atoms. The Labute approximate surface area is 145 Å². The molecule has 1 unspecified atom stereocenters. The number of rotatable bonds is 4. The normalized spacial score (nSPS) is 17.1. The molecule has 1 atom stereocenters. The Balaban J connectivity index is 1.67. The Kier molecular flexibility index (Phi) is 4.83. The van der Waals surface area contributed by atoms with Crippen LogP contribution < -0.4 is 16.0 Å². The van der Waals surface area contributed by atoms with Gasteiger partial charge in [-0.1, -0.05) is 12.1 Å². The van der Waals surface area contributed by atoms with Crippen molar-refractivity contribution in [2.75, 3.05) is 23.3 Å². The van der Waals surface area contributed by atoms with E-state index in [4.69, 9.17) is 5.73 Å². The second-order valence-electron chi connectivity index (χ2n) is 6.06. The maximum absolute atomic E-state index is 12.2. The van der Waals surface area contributed by atoms with Crippen LogP contribution in [-0.4, -0.2) is 35.0 Å². The second-order valence-corrected chi connectivity index (χ2v) is 6.06. The fourth-order valence-corrected chi connectivity index (χ4v) is 2.93. The van der Waals surface area contributed by atoms with E-state index < -0.39 is 5.91 Å². The fraction of sp³-hybridized carbons (Fsp3) is 0.278. The molecule has 0 radical (unpaired) electrons. The second kappa shape index (κ2) is 7.21. The van der Waals surface area contributed by atoms with Crippen LogP contribution in [0.15, 0.2) is 42.6 Å². The molecular weight excluding hydrogens is 320 g/mol. The summed E-state index contributed by atoms with van der Waals surface area (Å²) in [5.74, 6) is -0.173. The molecule has 0 spiro atoms. The van der Waals surface area contributed by atoms with Crippen LogP contribution in [0.1, 0.15) is 23.2 Å². The van der Waals surface area contributed by atoms with E-state index in [1.54, 1.807) is 36.5 Å². The lowest BCUT2D eigenvalue weighted by atomic mass is 9.97. The summed E-state index contributed by atoms with van der Waals surface area (Å²) in [6, 6.07) is 9.88. The summed E-state index contributed by atoms with van der Waals surface area (Å²) < 4.78 is 0. The number of nitrogens with zero attached hydrogens (tertiary/aromatic N) is 2. The minimum Gasteiger partial charge on any atom is -0.507 e. The zero-order chi connectivity index (χ0) is 17.8. The van der Waals surface area contributed by atoms with Crippen molar-refractivity contribution in [2.45, 2.75) is 12.8 Å². The smallest absolute Gasteiger partial charge is 0.259 e. The van der Waals surface area contributed by atoms with Gasteiger partial charge in [0.15, 0.2) is 0 Å². The average Bonchev–Trinajstić information content (AvgIpc) is 2.62. The number of hydrogen-bond donors (Lipinski definition) is 3. The standard InChI is InChI=1S/C18H20N4O3/c19-17(24)12-4-3-9-22(11-12)16-8-7-13(10-20-16)21-18(25)14-5-1-2-6-15(14)23/h1-2,5-8,10,12,23H,3-4,9,11H2,(H2,19,24)(H,21,25). The van der Waals surface area contributed by atoms with Crippen LogP contribution in [0.4, 0.5) is 11.5 Å². The number of aromatic hydroxyl groups is 1. The van der Waals surface area contributed by atoms with Crippen molar-refractivity contribution in [1.82, 2.24) is 4.98 Å². The van der Waals surface area contributed by atoms with Gasteiger partial charge in [0.2, 0.25) is 5.91 Å². The molecule has 7 heteroatoms. The molecule has 2 amide bonds. The average molecular weight is 340 g/mol. The van der Waals surface area contributed by atoms with Gasteiger partial charge in [0.25, 0.3) is 5.91 Å². The monoisotopic (exact) mass is 340 g/mol. The van der Waals surface area contributed by atoms with Gasteiger partial charge >= 0.3 is 0 Å². The lowest BCUT2D eigenvalue weighted by molar-refractivity contribution is -0.122. The van der Waals surface area contributed by atoms with Gasteiger partial charge in [0.05, 0.1) is 23.4 Å². The van der Waals surface area contributed by atoms with Gasteiger partial charge in [-0.15, -0.1) is 0 Å². The number of anilines is 2. The number of piperidine rings is 1. The van der Waals surface area contributed by atoms with Crippen LogP contribution in [0.25, 0.3) is 0 Å². The van der Waals surface area contributed by atoms with Gasteiger partial charge < -0.3 is 21.1 Å². The topological polar surface area (TPSA) is 109 Å². The third-order valence-electron chi connectivity index (χ3n) is 4.30. The number of hydrogen-bond acceptors (Lipinski definition) is 5. The predicted octanol–water partition coefficient (Wildman–Crippen LogP) is 1.74. The van der Waals surface area contributed by atoms with Crippen LogP contribution in [0.2, 0.25) is 0 Å². The minimum absolute atomic E-state index is 0.0737. The number of pyridine rings is 1. The quantitative estimate of drug-likeness (QED) is 0.785. The van der Waals surface area contributed by atoms with E-state index in [-0.39, 0.29) is 23.1 Å². The van der Waals surface area contributed by atoms with Gasteiger partial charge in [-0.2, -0.15) is 0 Å². The lowest BCUT2D eigenvalue weighted by Crippen LogP contribution is -2.41. The maximum Gasteiger partial charge on any atom is 0.259 e. The number of aromatic nitrogens is 1. The summed E-state index contributed by atoms with van der Waals surface area (Å²) in [6.07, 6.45) is 3.25. The molecule has 2 heterocycles. The Morgan fingerprint density at radius 3 is 2.72 bits per heavy atom. The van der Waals surface area contributed by atoms with Gasteiger partial charge in [-0.05, 0) is 37.1 Å². The molecule has 4 N–H and O–H groups in total. The van der Waals surface area contributed by atoms with Crippen molar-refractivity contribution in [3.05, 3.63) is 48.2 Å². The summed E-state index contributed by atoms with van der Waals surface area (Å²) in [4.78, 5) is 29.9. The predicted molar refractivity (Wildman–Crippen MR) is 94.4 cm³/mol. The number of nitrogens with one attached hydrogen (secondary N) is 1. The van der Waals surface area contributed by atoms with Crippen molar-refractivity contribution in [3.63, 3.8) is 0 Å². The molecule has 0 saturated carbocycles. The van der Waals surface area contributed by atoms with E-state index >= 15 is 0 Å². The molecule has 1 saturated heterocycles. The van der Waals surface area contributed by atoms with Crippen LogP contribution in [-0.2, 0) is 4.79 Å². The van der Waals surface area contributed by atoms with E-state index in [2.05, 4.69) is 10.3 Å². The summed E-state index contributed by atoms with van der Waals surface area (Å²) in [5, 5.41) is 12.4. The van der Waals surface area contributed by atoms with Crippen LogP contribution in [0, 0.1) is 5.92 Å². The maximum atomic E-state index is 12.2. The molecule has 1 aliphatic rings. The first kappa shape index (κ1) is 16.8. The Bertz CT molecular complexity index is 776. The van der Waals surface area contributed by atoms with E-state index in [0.29, 0.717) is 12.2 Å². The fourth-order valence-electron chi connectivity index (χ4n) is 2.93. The third kappa shape index (κ3) is 3.88. The molecule has 7 nitrogen and oxygen atoms in total. The molecule has 0 bridgehead atoms. The van der Waals surface area contributed by atoms with Crippen molar-refractivity contribution in [2.24, 2.45) is 11.7 Å². The van der Waals surface area contributed by atoms with E-state index in [0.717, 1.165) is 25.2 Å². The highest BCUT2D eigenvalue weighted by Gasteiger charge is 2.24. The van der Waals surface area contributed by atoms with Gasteiger partial charge in [0.1, 0.15) is 11.6 Å². The zero-order valence-electron chi connectivity index (χ0n) is 13.7. The zero-order valence-corrected chi connectivity index (χ0v) is 13.7. The molecular formula is C18H20N4O3. The molecule has 130 valence electrons. The highest BCUT2D eigenvalue weighted by molar-refractivity contribution is 6.06. The molecule has 1 aliphatic heterocycles. The first-order valence-electron chi connectivity index (χ1n) is 8.14. The number of carbonyl (C=O) groups excluding carboxylic acids is 2. The van der Waals surface area contributed by atoms with E-state index in [1.807, 2.05) is 4.90 Å². The molecule has 0 aliphatic carbocycles. The van der Waals surface area contributed by atoms with Crippen molar-refractivity contribution < 1.29 is 14.7 Å². The number of primary amides is 1. The number of benzene rings is 1. The first-order chi connectivity index (χ1) is 12.0. The largest absolute Gasteiger partial charge is 0.507 e. The number of nitrogens with two attached hydrogens (primary N) is 1. The van der Waals surface area contributed by atoms with Crippen molar-refractivity contribution in [3.8, 4) is 5.75 Å². The van der Waals surface area contributed by atoms with Crippen LogP contribution >= 0.6 is 0 Å². The molecule has 1 aromatic heterocycles. The van der Waals surface area contributed by atoms with Crippen LogP contribution in [0.3, 0.4) is 0 Å². The Morgan fingerprint density at radius 1 is 1.24 bits per heavy atom. The SMILES string of the molecule is NC(=O)C1CCCN(c2ccc(NC(=O)c3ccccc3O)cn2)C1. The highest BCUT2D eigenvalue weighted by Crippen LogP contribution is 2.23. The number of carbonyl (C=O) groups is 2. The Hall–Kier alpha value is -3.09. The molecule has 1 aromatic carbocycles. The van der Waals surface area contributed by atoms with Gasteiger partial charge in [0, 0.05) is 13.1 Å². The highest BCUT2D eigenvalue weighted by atomic mass is 16.3. The number of phenolic OH excluding ortho intramolecular Hbond substituents is 1. The molecule has 2 aromatic rings. The van der Waals surface area contributed by atoms with Gasteiger partial charge in [-0.25, -0.2) is 4.98 Å². The van der Waals surface area contributed by atoms with Crippen LogP contribution in [0.5, 0.6) is 5.75 Å². The minimum atomic E-state index is -0.403. The number of para-hydroxylation sites is 1. The molecule has 3 rings (SSSR count). The van der Waals surface area contributed by atoms with Gasteiger partial charge in [-0.3, -0.25) is 9.59 Å².